The van der Waals surface area contributed by atoms with Crippen LogP contribution in [0.2, 0.25) is 0 Å². The maximum absolute atomic E-state index is 13.4. The van der Waals surface area contributed by atoms with E-state index in [0.29, 0.717) is 17.4 Å². The van der Waals surface area contributed by atoms with Crippen molar-refractivity contribution < 1.29 is 27.0 Å². The van der Waals surface area contributed by atoms with E-state index in [4.69, 9.17) is 11.1 Å². The molecule has 0 aromatic heterocycles. The van der Waals surface area contributed by atoms with Crippen molar-refractivity contribution in [3.05, 3.63) is 89.0 Å². The van der Waals surface area contributed by atoms with E-state index in [1.54, 1.807) is 30.3 Å². The van der Waals surface area contributed by atoms with Crippen molar-refractivity contribution in [1.82, 2.24) is 5.32 Å². The third-order valence-electron chi connectivity index (χ3n) is 4.87. The Morgan fingerprint density at radius 3 is 2.06 bits per heavy atom. The summed E-state index contributed by atoms with van der Waals surface area (Å²) in [5.74, 6) is -2.99. The van der Waals surface area contributed by atoms with Gasteiger partial charge in [-0.05, 0) is 41.5 Å². The molecule has 0 heterocycles. The second-order valence-corrected chi connectivity index (χ2v) is 8.95. The van der Waals surface area contributed by atoms with Gasteiger partial charge in [0.25, 0.3) is 11.8 Å². The summed E-state index contributed by atoms with van der Waals surface area (Å²) in [6.45, 7) is 0. The number of hydrogen-bond donors (Lipinski definition) is 4. The van der Waals surface area contributed by atoms with Gasteiger partial charge in [-0.2, -0.15) is 8.42 Å². The minimum atomic E-state index is -4.24. The Balaban J connectivity index is 2.24. The minimum absolute atomic E-state index is 0.161. The van der Waals surface area contributed by atoms with Crippen molar-refractivity contribution in [2.75, 3.05) is 18.6 Å². The molecular weight excluding hydrogens is 472 g/mol. The average molecular weight is 495 g/mol. The number of carbonyl (C=O) groups excluding carboxylic acids is 3. The van der Waals surface area contributed by atoms with Gasteiger partial charge in [0.1, 0.15) is 5.84 Å². The smallest absolute Gasteiger partial charge is 0.355 e. The van der Waals surface area contributed by atoms with Gasteiger partial charge in [-0.25, -0.2) is 4.79 Å². The second-order valence-electron chi connectivity index (χ2n) is 7.38. The highest BCUT2D eigenvalue weighted by molar-refractivity contribution is 7.86. The third-order valence-corrected chi connectivity index (χ3v) is 5.33. The molecule has 3 aromatic carbocycles. The molecule has 2 amide bonds. The van der Waals surface area contributed by atoms with E-state index in [1.807, 2.05) is 0 Å². The van der Waals surface area contributed by atoms with Crippen molar-refractivity contribution in [3.63, 3.8) is 0 Å². The summed E-state index contributed by atoms with van der Waals surface area (Å²) in [7, 11) is -2.89. The predicted octanol–water partition coefficient (Wildman–Crippen LogP) is 2.37. The molecule has 11 heteroatoms. The zero-order valence-corrected chi connectivity index (χ0v) is 19.6. The molecule has 0 bridgehead atoms. The fourth-order valence-electron chi connectivity index (χ4n) is 3.34. The highest BCUT2D eigenvalue weighted by Crippen LogP contribution is 2.31. The van der Waals surface area contributed by atoms with E-state index < -0.39 is 27.9 Å². The Morgan fingerprint density at radius 2 is 1.51 bits per heavy atom. The van der Waals surface area contributed by atoms with Crippen LogP contribution in [-0.2, 0) is 14.3 Å². The van der Waals surface area contributed by atoms with Crippen molar-refractivity contribution in [2.24, 2.45) is 5.73 Å². The lowest BCUT2D eigenvalue weighted by molar-refractivity contribution is 0.0744. The zero-order valence-electron chi connectivity index (χ0n) is 18.8. The van der Waals surface area contributed by atoms with Gasteiger partial charge in [-0.15, -0.1) is 0 Å². The largest absolute Gasteiger partial charge is 0.384 e. The average Bonchev–Trinajstić information content (AvgIpc) is 2.82. The fraction of sp³-hybridized carbons (Fsp3) is 0.0833. The Labute approximate surface area is 201 Å². The molecule has 0 aliphatic carbocycles. The van der Waals surface area contributed by atoms with Crippen molar-refractivity contribution >= 4 is 39.4 Å². The number of nitrogens with one attached hydrogen (secondary N) is 3. The molecule has 10 nitrogen and oxygen atoms in total. The maximum Gasteiger partial charge on any atom is 0.355 e. The summed E-state index contributed by atoms with van der Waals surface area (Å²) in [5, 5.41) is 12.5. The summed E-state index contributed by atoms with van der Waals surface area (Å²) < 4.78 is 28.1. The molecule has 35 heavy (non-hydrogen) atoms. The van der Waals surface area contributed by atoms with Crippen molar-refractivity contribution in [3.8, 4) is 11.1 Å². The minimum Gasteiger partial charge on any atom is -0.384 e. The van der Waals surface area contributed by atoms with Gasteiger partial charge < -0.3 is 20.6 Å². The molecule has 0 saturated carbocycles. The normalized spacial score (nSPS) is 10.8. The molecule has 0 aliphatic rings. The number of anilines is 1. The molecule has 5 N–H and O–H groups in total. The van der Waals surface area contributed by atoms with Crippen LogP contribution in [0.25, 0.3) is 11.1 Å². The van der Waals surface area contributed by atoms with Crippen LogP contribution < -0.4 is 16.4 Å². The van der Waals surface area contributed by atoms with Gasteiger partial charge in [0.15, 0.2) is 0 Å². The summed E-state index contributed by atoms with van der Waals surface area (Å²) in [6.07, 6.45) is 0.700. The Morgan fingerprint density at radius 1 is 0.886 bits per heavy atom. The van der Waals surface area contributed by atoms with Gasteiger partial charge in [0.05, 0.1) is 22.9 Å². The van der Waals surface area contributed by atoms with Crippen LogP contribution in [-0.4, -0.2) is 45.3 Å². The number of amidine groups is 1. The summed E-state index contributed by atoms with van der Waals surface area (Å²) >= 11 is 0. The van der Waals surface area contributed by atoms with Crippen LogP contribution in [0.5, 0.6) is 0 Å². The first-order chi connectivity index (χ1) is 16.5. The molecule has 0 aliphatic heterocycles. The van der Waals surface area contributed by atoms with E-state index in [2.05, 4.69) is 14.8 Å². The predicted molar refractivity (Wildman–Crippen MR) is 131 cm³/mol. The first-order valence-corrected chi connectivity index (χ1v) is 12.0. The maximum atomic E-state index is 13.4. The molecule has 0 spiro atoms. The Bertz CT molecular complexity index is 1420. The van der Waals surface area contributed by atoms with E-state index >= 15 is 0 Å². The van der Waals surface area contributed by atoms with Gasteiger partial charge in [-0.1, -0.05) is 36.4 Å². The topological polar surface area (TPSA) is 169 Å². The molecule has 3 aromatic rings. The SMILES string of the molecule is CNC(=O)c1ccc(-c2ccccc2)c(C(=O)OS(C)(=O)=O)c1C(=O)Nc1ccc(C(=N)N)cc1. The molecular formula is C24H22N4O6S. The van der Waals surface area contributed by atoms with Crippen LogP contribution in [0, 0.1) is 5.41 Å². The van der Waals surface area contributed by atoms with Crippen LogP contribution in [0.3, 0.4) is 0 Å². The number of hydrogen-bond acceptors (Lipinski definition) is 7. The lowest BCUT2D eigenvalue weighted by atomic mass is 9.91. The molecule has 0 fully saturated rings. The number of carbonyl (C=O) groups is 3. The number of nitrogens with two attached hydrogens (primary N) is 1. The highest BCUT2D eigenvalue weighted by atomic mass is 32.2. The first-order valence-electron chi connectivity index (χ1n) is 10.2. The Hall–Kier alpha value is -4.51. The van der Waals surface area contributed by atoms with Gasteiger partial charge in [-0.3, -0.25) is 15.0 Å². The molecule has 0 saturated heterocycles. The summed E-state index contributed by atoms with van der Waals surface area (Å²) in [5.41, 5.74) is 5.95. The molecule has 0 atom stereocenters. The standard InChI is InChI=1S/C24H22N4O6S/c1-27-22(29)18-13-12-17(14-6-4-3-5-7-14)20(24(31)34-35(2,32)33)19(18)23(30)28-16-10-8-15(9-11-16)21(25)26/h3-13H,1-2H3,(H3,25,26)(H,27,29)(H,28,30). The molecule has 180 valence electrons. The number of benzene rings is 3. The monoisotopic (exact) mass is 494 g/mol. The van der Waals surface area contributed by atoms with Crippen molar-refractivity contribution in [1.29, 1.82) is 5.41 Å². The van der Waals surface area contributed by atoms with Gasteiger partial charge in [0, 0.05) is 18.3 Å². The zero-order chi connectivity index (χ0) is 25.8. The van der Waals surface area contributed by atoms with Crippen LogP contribution in [0.4, 0.5) is 5.69 Å². The Kier molecular flexibility index (Phi) is 7.31. The summed E-state index contributed by atoms with van der Waals surface area (Å²) in [4.78, 5) is 39.1. The third kappa shape index (κ3) is 5.89. The number of rotatable bonds is 7. The molecule has 0 unspecified atom stereocenters. The fourth-order valence-corrected chi connectivity index (χ4v) is 3.70. The van der Waals surface area contributed by atoms with Crippen LogP contribution >= 0.6 is 0 Å². The van der Waals surface area contributed by atoms with E-state index in [-0.39, 0.29) is 33.8 Å². The first kappa shape index (κ1) is 25.1. The molecule has 3 rings (SSSR count). The van der Waals surface area contributed by atoms with Gasteiger partial charge in [0.2, 0.25) is 0 Å². The molecule has 0 radical (unpaired) electrons. The number of amides is 2. The summed E-state index contributed by atoms with van der Waals surface area (Å²) in [6, 6.07) is 17.3. The lowest BCUT2D eigenvalue weighted by Crippen LogP contribution is -2.27. The van der Waals surface area contributed by atoms with Crippen LogP contribution in [0.15, 0.2) is 66.7 Å². The van der Waals surface area contributed by atoms with Crippen LogP contribution in [0.1, 0.15) is 36.6 Å². The van der Waals surface area contributed by atoms with E-state index in [1.165, 1.54) is 43.4 Å². The van der Waals surface area contributed by atoms with Gasteiger partial charge >= 0.3 is 16.1 Å². The second kappa shape index (κ2) is 10.2. The number of nitrogen functional groups attached to an aromatic ring is 1. The highest BCUT2D eigenvalue weighted by Gasteiger charge is 2.30. The lowest BCUT2D eigenvalue weighted by Gasteiger charge is -2.17. The van der Waals surface area contributed by atoms with E-state index in [0.717, 1.165) is 0 Å². The van der Waals surface area contributed by atoms with Crippen molar-refractivity contribution in [2.45, 2.75) is 0 Å². The van der Waals surface area contributed by atoms with E-state index in [9.17, 15) is 22.8 Å². The quantitative estimate of drug-likeness (QED) is 0.222.